The number of hydrogen-bond acceptors (Lipinski definition) is 3. The zero-order valence-corrected chi connectivity index (χ0v) is 17.2. The van der Waals surface area contributed by atoms with E-state index in [1.807, 2.05) is 7.11 Å². The Balaban J connectivity index is 1.54. The van der Waals surface area contributed by atoms with E-state index in [-0.39, 0.29) is 11.4 Å². The molecular formula is C23H38O3. The van der Waals surface area contributed by atoms with E-state index in [4.69, 9.17) is 9.47 Å². The molecule has 2 heterocycles. The van der Waals surface area contributed by atoms with E-state index in [0.29, 0.717) is 35.2 Å². The number of methoxy groups -OCH3 is 1. The Kier molecular flexibility index (Phi) is 3.78. The molecule has 2 saturated heterocycles. The zero-order chi connectivity index (χ0) is 18.4. The molecule has 4 aliphatic carbocycles. The number of rotatable bonds is 3. The average Bonchev–Trinajstić information content (AvgIpc) is 2.98. The van der Waals surface area contributed by atoms with E-state index >= 15 is 0 Å². The van der Waals surface area contributed by atoms with Gasteiger partial charge in [-0.3, -0.25) is 0 Å². The lowest BCUT2D eigenvalue weighted by molar-refractivity contribution is -0.423. The summed E-state index contributed by atoms with van der Waals surface area (Å²) in [5.74, 6) is 3.04. The van der Waals surface area contributed by atoms with E-state index in [1.54, 1.807) is 0 Å². The summed E-state index contributed by atoms with van der Waals surface area (Å²) in [7, 11) is 1.87. The summed E-state index contributed by atoms with van der Waals surface area (Å²) >= 11 is 0. The molecule has 2 aliphatic heterocycles. The Hall–Kier alpha value is -0.120. The maximum Gasteiger partial charge on any atom is 0.169 e. The first kappa shape index (κ1) is 17.9. The van der Waals surface area contributed by atoms with Gasteiger partial charge in [-0.05, 0) is 80.0 Å². The second kappa shape index (κ2) is 5.48. The Bertz CT molecular complexity index is 592. The molecule has 9 atom stereocenters. The fraction of sp³-hybridized carbons (Fsp3) is 1.00. The maximum atomic E-state index is 9.82. The molecule has 26 heavy (non-hydrogen) atoms. The van der Waals surface area contributed by atoms with Crippen LogP contribution >= 0.6 is 0 Å². The Morgan fingerprint density at radius 1 is 1.04 bits per heavy atom. The number of hydrogen-bond donors (Lipinski definition) is 1. The van der Waals surface area contributed by atoms with Crippen molar-refractivity contribution >= 4 is 0 Å². The van der Waals surface area contributed by atoms with Gasteiger partial charge >= 0.3 is 0 Å². The third-order valence-electron chi connectivity index (χ3n) is 10.6. The fourth-order valence-electron chi connectivity index (χ4n) is 9.11. The van der Waals surface area contributed by atoms with Crippen molar-refractivity contribution in [3.8, 4) is 0 Å². The third kappa shape index (κ3) is 1.91. The highest BCUT2D eigenvalue weighted by Crippen LogP contribution is 2.74. The molecule has 3 heteroatoms. The molecule has 0 aromatic carbocycles. The second-order valence-corrected chi connectivity index (χ2v) is 11.1. The predicted molar refractivity (Wildman–Crippen MR) is 102 cm³/mol. The van der Waals surface area contributed by atoms with Gasteiger partial charge in [0.1, 0.15) is 0 Å². The van der Waals surface area contributed by atoms with Crippen LogP contribution in [0.25, 0.3) is 0 Å². The molecule has 6 aliphatic rings. The SMILES string of the molecule is CO[C@]12CC[C@@]3(C)[C@H](CCC4C5CC[C@H]([C@H](C)CO)[C@@]5(C)CC[C@@]43O1)C2. The van der Waals surface area contributed by atoms with Crippen molar-refractivity contribution in [2.45, 2.75) is 89.9 Å². The lowest BCUT2D eigenvalue weighted by Gasteiger charge is -2.73. The molecular weight excluding hydrogens is 324 g/mol. The zero-order valence-electron chi connectivity index (χ0n) is 17.2. The van der Waals surface area contributed by atoms with Crippen LogP contribution in [0.15, 0.2) is 0 Å². The minimum atomic E-state index is -0.300. The summed E-state index contributed by atoms with van der Waals surface area (Å²) in [5.41, 5.74) is 0.781. The maximum absolute atomic E-state index is 9.82. The summed E-state index contributed by atoms with van der Waals surface area (Å²) in [6.07, 6.45) is 11.3. The van der Waals surface area contributed by atoms with Gasteiger partial charge in [0, 0.05) is 32.0 Å². The van der Waals surface area contributed by atoms with Gasteiger partial charge in [0.15, 0.2) is 5.79 Å². The van der Waals surface area contributed by atoms with Crippen LogP contribution < -0.4 is 0 Å². The van der Waals surface area contributed by atoms with Crippen molar-refractivity contribution in [2.24, 2.45) is 40.4 Å². The van der Waals surface area contributed by atoms with E-state index in [0.717, 1.165) is 24.7 Å². The number of ether oxygens (including phenoxy) is 2. The third-order valence-corrected chi connectivity index (χ3v) is 10.6. The lowest BCUT2D eigenvalue weighted by atomic mass is 9.40. The van der Waals surface area contributed by atoms with Gasteiger partial charge in [-0.2, -0.15) is 0 Å². The summed E-state index contributed by atoms with van der Waals surface area (Å²) in [4.78, 5) is 0. The van der Waals surface area contributed by atoms with Gasteiger partial charge in [-0.15, -0.1) is 0 Å². The monoisotopic (exact) mass is 362 g/mol. The Morgan fingerprint density at radius 2 is 1.81 bits per heavy atom. The van der Waals surface area contributed by atoms with Gasteiger partial charge in [-0.1, -0.05) is 20.8 Å². The van der Waals surface area contributed by atoms with Crippen LogP contribution in [0.2, 0.25) is 0 Å². The first-order valence-corrected chi connectivity index (χ1v) is 11.2. The molecule has 2 unspecified atom stereocenters. The first-order valence-electron chi connectivity index (χ1n) is 11.2. The van der Waals surface area contributed by atoms with Gasteiger partial charge in [0.2, 0.25) is 0 Å². The number of fused-ring (bicyclic) bond motifs is 3. The van der Waals surface area contributed by atoms with Crippen LogP contribution in [0.4, 0.5) is 0 Å². The van der Waals surface area contributed by atoms with Gasteiger partial charge in [0.05, 0.1) is 5.60 Å². The van der Waals surface area contributed by atoms with E-state index in [9.17, 15) is 5.11 Å². The smallest absolute Gasteiger partial charge is 0.169 e. The highest BCUT2D eigenvalue weighted by Gasteiger charge is 2.74. The Labute approximate surface area is 159 Å². The minimum absolute atomic E-state index is 0.0456. The highest BCUT2D eigenvalue weighted by atomic mass is 16.7. The Morgan fingerprint density at radius 3 is 2.54 bits per heavy atom. The second-order valence-electron chi connectivity index (χ2n) is 11.1. The van der Waals surface area contributed by atoms with Crippen LogP contribution in [0.1, 0.15) is 78.6 Å². The predicted octanol–water partition coefficient (Wildman–Crippen LogP) is 4.77. The molecule has 0 aromatic rings. The van der Waals surface area contributed by atoms with Crippen molar-refractivity contribution in [3.63, 3.8) is 0 Å². The summed E-state index contributed by atoms with van der Waals surface area (Å²) in [5, 5.41) is 9.82. The fourth-order valence-corrected chi connectivity index (χ4v) is 9.11. The molecule has 4 saturated carbocycles. The average molecular weight is 363 g/mol. The highest BCUT2D eigenvalue weighted by molar-refractivity contribution is 5.21. The van der Waals surface area contributed by atoms with Crippen molar-refractivity contribution in [2.75, 3.05) is 13.7 Å². The standard InChI is InChI=1S/C23H38O3/c1-15(14-24)17-7-8-18-19-6-5-16-13-22(25-4)11-10-21(16,3)23(19,26-22)12-9-20(17,18)2/h15-19,24H,5-14H2,1-4H3/t15-,16-,17-,18?,19?,20-,21+,22-,23-/m1/s1. The van der Waals surface area contributed by atoms with E-state index < -0.39 is 0 Å². The molecule has 6 fully saturated rings. The largest absolute Gasteiger partial charge is 0.396 e. The minimum Gasteiger partial charge on any atom is -0.396 e. The van der Waals surface area contributed by atoms with Crippen molar-refractivity contribution < 1.29 is 14.6 Å². The lowest BCUT2D eigenvalue weighted by Crippen LogP contribution is -2.74. The van der Waals surface area contributed by atoms with Crippen molar-refractivity contribution in [3.05, 3.63) is 0 Å². The van der Waals surface area contributed by atoms with Crippen LogP contribution in [0, 0.1) is 40.4 Å². The van der Waals surface area contributed by atoms with E-state index in [2.05, 4.69) is 20.8 Å². The molecule has 0 radical (unpaired) electrons. The van der Waals surface area contributed by atoms with Gasteiger partial charge < -0.3 is 14.6 Å². The molecule has 1 spiro atoms. The quantitative estimate of drug-likeness (QED) is 0.786. The number of aliphatic hydroxyl groups excluding tert-OH is 1. The van der Waals surface area contributed by atoms with Crippen molar-refractivity contribution in [1.82, 2.24) is 0 Å². The van der Waals surface area contributed by atoms with Crippen LogP contribution in [0.3, 0.4) is 0 Å². The summed E-state index contributed by atoms with van der Waals surface area (Å²) in [6, 6.07) is 0. The summed E-state index contributed by atoms with van der Waals surface area (Å²) < 4.78 is 13.1. The molecule has 0 amide bonds. The molecule has 6 rings (SSSR count). The van der Waals surface area contributed by atoms with Crippen LogP contribution in [-0.2, 0) is 9.47 Å². The number of aliphatic hydroxyl groups is 1. The van der Waals surface area contributed by atoms with Gasteiger partial charge in [0.25, 0.3) is 0 Å². The van der Waals surface area contributed by atoms with Crippen LogP contribution in [0.5, 0.6) is 0 Å². The molecule has 4 bridgehead atoms. The normalized spacial score (nSPS) is 59.0. The summed E-state index contributed by atoms with van der Waals surface area (Å²) in [6.45, 7) is 7.72. The molecule has 148 valence electrons. The van der Waals surface area contributed by atoms with Crippen LogP contribution in [-0.4, -0.2) is 30.2 Å². The molecule has 1 N–H and O–H groups in total. The molecule has 3 nitrogen and oxygen atoms in total. The first-order chi connectivity index (χ1) is 12.3. The van der Waals surface area contributed by atoms with Gasteiger partial charge in [-0.25, -0.2) is 0 Å². The van der Waals surface area contributed by atoms with Crippen molar-refractivity contribution in [1.29, 1.82) is 0 Å². The topological polar surface area (TPSA) is 38.7 Å². The molecule has 0 aromatic heterocycles. The van der Waals surface area contributed by atoms with E-state index in [1.165, 1.54) is 44.9 Å².